The lowest BCUT2D eigenvalue weighted by Gasteiger charge is -2.40. The Morgan fingerprint density at radius 1 is 1.19 bits per heavy atom. The Morgan fingerprint density at radius 2 is 1.88 bits per heavy atom. The maximum absolute atomic E-state index is 2.43. The van der Waals surface area contributed by atoms with Crippen LogP contribution in [-0.2, 0) is 11.8 Å². The van der Waals surface area contributed by atoms with Crippen molar-refractivity contribution in [3.05, 3.63) is 35.4 Å². The highest BCUT2D eigenvalue weighted by Gasteiger charge is 2.44. The van der Waals surface area contributed by atoms with Gasteiger partial charge in [0.05, 0.1) is 0 Å². The molecule has 0 fully saturated rings. The van der Waals surface area contributed by atoms with Crippen LogP contribution < -0.4 is 0 Å². The Morgan fingerprint density at radius 3 is 2.50 bits per heavy atom. The molecule has 2 rings (SSSR count). The fraction of sp³-hybridized carbons (Fsp3) is 0.625. The first-order valence-corrected chi connectivity index (χ1v) is 6.71. The molecule has 2 atom stereocenters. The second-order valence-corrected chi connectivity index (χ2v) is 5.66. The summed E-state index contributed by atoms with van der Waals surface area (Å²) in [5.74, 6) is 1.53. The third kappa shape index (κ3) is 1.50. The van der Waals surface area contributed by atoms with E-state index < -0.39 is 0 Å². The van der Waals surface area contributed by atoms with E-state index in [0.29, 0.717) is 5.41 Å². The SMILES string of the molecule is CCC(C)C1(C(C)C)CCc2ccccc21. The van der Waals surface area contributed by atoms with Crippen molar-refractivity contribution in [3.8, 4) is 0 Å². The molecule has 1 aromatic rings. The molecule has 1 aromatic carbocycles. The Kier molecular flexibility index (Phi) is 3.10. The van der Waals surface area contributed by atoms with Crippen LogP contribution in [0.3, 0.4) is 0 Å². The van der Waals surface area contributed by atoms with Gasteiger partial charge in [0, 0.05) is 5.41 Å². The maximum Gasteiger partial charge on any atom is 0.000735 e. The zero-order chi connectivity index (χ0) is 11.8. The van der Waals surface area contributed by atoms with Gasteiger partial charge >= 0.3 is 0 Å². The number of benzene rings is 1. The summed E-state index contributed by atoms with van der Waals surface area (Å²) < 4.78 is 0. The molecule has 0 amide bonds. The molecule has 1 aliphatic rings. The van der Waals surface area contributed by atoms with Crippen LogP contribution in [0.15, 0.2) is 24.3 Å². The van der Waals surface area contributed by atoms with Crippen molar-refractivity contribution in [2.24, 2.45) is 11.8 Å². The average Bonchev–Trinajstić information content (AvgIpc) is 2.68. The second kappa shape index (κ2) is 4.24. The Hall–Kier alpha value is -0.780. The Bertz CT molecular complexity index is 364. The van der Waals surface area contributed by atoms with Crippen LogP contribution >= 0.6 is 0 Å². The molecule has 2 unspecified atom stereocenters. The van der Waals surface area contributed by atoms with Gasteiger partial charge in [-0.3, -0.25) is 0 Å². The highest BCUT2D eigenvalue weighted by Crippen LogP contribution is 2.50. The average molecular weight is 216 g/mol. The van der Waals surface area contributed by atoms with Gasteiger partial charge in [-0.2, -0.15) is 0 Å². The summed E-state index contributed by atoms with van der Waals surface area (Å²) in [6, 6.07) is 9.09. The van der Waals surface area contributed by atoms with Crippen molar-refractivity contribution in [1.29, 1.82) is 0 Å². The van der Waals surface area contributed by atoms with Gasteiger partial charge in [-0.05, 0) is 35.8 Å². The van der Waals surface area contributed by atoms with Crippen LogP contribution in [0.25, 0.3) is 0 Å². The Labute approximate surface area is 100 Å². The monoisotopic (exact) mass is 216 g/mol. The molecule has 0 bridgehead atoms. The number of aryl methyl sites for hydroxylation is 1. The largest absolute Gasteiger partial charge is 0.0651 e. The van der Waals surface area contributed by atoms with Gasteiger partial charge in [-0.15, -0.1) is 0 Å². The second-order valence-electron chi connectivity index (χ2n) is 5.66. The topological polar surface area (TPSA) is 0 Å². The van der Waals surface area contributed by atoms with Crippen molar-refractivity contribution in [3.63, 3.8) is 0 Å². The number of hydrogen-bond acceptors (Lipinski definition) is 0. The van der Waals surface area contributed by atoms with Gasteiger partial charge in [0.2, 0.25) is 0 Å². The summed E-state index contributed by atoms with van der Waals surface area (Å²) in [6.45, 7) is 9.56. The standard InChI is InChI=1S/C16H24/c1-5-13(4)16(12(2)3)11-10-14-8-6-7-9-15(14)16/h6-9,12-13H,5,10-11H2,1-4H3. The van der Waals surface area contributed by atoms with E-state index in [4.69, 9.17) is 0 Å². The number of fused-ring (bicyclic) bond motifs is 1. The molecule has 0 N–H and O–H groups in total. The van der Waals surface area contributed by atoms with E-state index in [1.165, 1.54) is 19.3 Å². The molecule has 0 saturated heterocycles. The minimum Gasteiger partial charge on any atom is -0.0651 e. The van der Waals surface area contributed by atoms with E-state index in [9.17, 15) is 0 Å². The molecule has 0 nitrogen and oxygen atoms in total. The third-order valence-corrected chi connectivity index (χ3v) is 4.85. The highest BCUT2D eigenvalue weighted by atomic mass is 14.5. The van der Waals surface area contributed by atoms with E-state index in [1.54, 1.807) is 11.1 Å². The van der Waals surface area contributed by atoms with Crippen molar-refractivity contribution in [2.45, 2.75) is 52.4 Å². The van der Waals surface area contributed by atoms with Crippen molar-refractivity contribution in [1.82, 2.24) is 0 Å². The minimum atomic E-state index is 0.436. The van der Waals surface area contributed by atoms with Gasteiger partial charge in [-0.25, -0.2) is 0 Å². The summed E-state index contributed by atoms with van der Waals surface area (Å²) in [7, 11) is 0. The van der Waals surface area contributed by atoms with Crippen molar-refractivity contribution in [2.75, 3.05) is 0 Å². The maximum atomic E-state index is 2.43. The van der Waals surface area contributed by atoms with Crippen LogP contribution in [-0.4, -0.2) is 0 Å². The predicted molar refractivity (Wildman–Crippen MR) is 70.7 cm³/mol. The van der Waals surface area contributed by atoms with Gasteiger partial charge in [0.25, 0.3) is 0 Å². The summed E-state index contributed by atoms with van der Waals surface area (Å²) in [5.41, 5.74) is 3.67. The fourth-order valence-corrected chi connectivity index (χ4v) is 3.71. The smallest absolute Gasteiger partial charge is 0.000735 e. The van der Waals surface area contributed by atoms with Crippen LogP contribution in [0.2, 0.25) is 0 Å². The van der Waals surface area contributed by atoms with Crippen LogP contribution in [0.4, 0.5) is 0 Å². The zero-order valence-electron chi connectivity index (χ0n) is 11.1. The molecule has 0 spiro atoms. The molecule has 0 aromatic heterocycles. The van der Waals surface area contributed by atoms with Gasteiger partial charge in [-0.1, -0.05) is 58.4 Å². The summed E-state index contributed by atoms with van der Waals surface area (Å²) in [4.78, 5) is 0. The first-order chi connectivity index (χ1) is 7.63. The quantitative estimate of drug-likeness (QED) is 0.694. The molecule has 16 heavy (non-hydrogen) atoms. The molecule has 0 aliphatic heterocycles. The molecular weight excluding hydrogens is 192 g/mol. The highest BCUT2D eigenvalue weighted by molar-refractivity contribution is 5.40. The summed E-state index contributed by atoms with van der Waals surface area (Å²) in [5, 5.41) is 0. The lowest BCUT2D eigenvalue weighted by atomic mass is 9.64. The predicted octanol–water partition coefficient (Wildman–Crippen LogP) is 4.57. The van der Waals surface area contributed by atoms with E-state index in [2.05, 4.69) is 52.0 Å². The van der Waals surface area contributed by atoms with E-state index in [0.717, 1.165) is 11.8 Å². The number of hydrogen-bond donors (Lipinski definition) is 0. The van der Waals surface area contributed by atoms with Gasteiger partial charge < -0.3 is 0 Å². The molecule has 0 heterocycles. The lowest BCUT2D eigenvalue weighted by molar-refractivity contribution is 0.198. The molecule has 1 aliphatic carbocycles. The van der Waals surface area contributed by atoms with Crippen LogP contribution in [0.1, 0.15) is 51.7 Å². The van der Waals surface area contributed by atoms with Crippen LogP contribution in [0, 0.1) is 11.8 Å². The number of rotatable bonds is 3. The first kappa shape index (κ1) is 11.7. The molecule has 88 valence electrons. The molecular formula is C16H24. The molecule has 0 radical (unpaired) electrons. The Balaban J connectivity index is 2.51. The molecule has 0 heteroatoms. The molecule has 0 saturated carbocycles. The van der Waals surface area contributed by atoms with E-state index >= 15 is 0 Å². The zero-order valence-corrected chi connectivity index (χ0v) is 11.1. The third-order valence-electron chi connectivity index (χ3n) is 4.85. The first-order valence-electron chi connectivity index (χ1n) is 6.71. The van der Waals surface area contributed by atoms with Gasteiger partial charge in [0.15, 0.2) is 0 Å². The minimum absolute atomic E-state index is 0.436. The van der Waals surface area contributed by atoms with Gasteiger partial charge in [0.1, 0.15) is 0 Å². The fourth-order valence-electron chi connectivity index (χ4n) is 3.71. The van der Waals surface area contributed by atoms with Crippen molar-refractivity contribution >= 4 is 0 Å². The summed E-state index contributed by atoms with van der Waals surface area (Å²) in [6.07, 6.45) is 3.91. The lowest BCUT2D eigenvalue weighted by Crippen LogP contribution is -2.36. The van der Waals surface area contributed by atoms with E-state index in [-0.39, 0.29) is 0 Å². The summed E-state index contributed by atoms with van der Waals surface area (Å²) >= 11 is 0. The van der Waals surface area contributed by atoms with E-state index in [1.807, 2.05) is 0 Å². The van der Waals surface area contributed by atoms with Crippen LogP contribution in [0.5, 0.6) is 0 Å². The normalized spacial score (nSPS) is 25.8. The van der Waals surface area contributed by atoms with Crippen molar-refractivity contribution < 1.29 is 0 Å².